The van der Waals surface area contributed by atoms with E-state index in [1.165, 1.54) is 19.3 Å². The van der Waals surface area contributed by atoms with Gasteiger partial charge in [0.25, 0.3) is 5.91 Å². The third-order valence-electron chi connectivity index (χ3n) is 3.87. The molecule has 1 aliphatic carbocycles. The van der Waals surface area contributed by atoms with Crippen LogP contribution in [0, 0.1) is 11.3 Å². The lowest BCUT2D eigenvalue weighted by molar-refractivity contribution is 0.0942. The van der Waals surface area contributed by atoms with Crippen molar-refractivity contribution in [2.24, 2.45) is 17.1 Å². The van der Waals surface area contributed by atoms with E-state index in [0.29, 0.717) is 17.9 Å². The molecule has 0 bridgehead atoms. The molecule has 0 atom stereocenters. The standard InChI is InChI=1S/C16H24N2O.ClH/c1-12(2)9-16(7-8-16)11-18-15(19)14-5-3-13(10-17)4-6-14;/h3-6,12H,7-11,17H2,1-2H3,(H,18,19);1H. The predicted octanol–water partition coefficient (Wildman–Crippen LogP) is 3.12. The lowest BCUT2D eigenvalue weighted by Gasteiger charge is -2.18. The zero-order valence-corrected chi connectivity index (χ0v) is 13.1. The van der Waals surface area contributed by atoms with Crippen LogP contribution in [0.4, 0.5) is 0 Å². The van der Waals surface area contributed by atoms with E-state index in [1.807, 2.05) is 24.3 Å². The van der Waals surface area contributed by atoms with Crippen molar-refractivity contribution in [2.45, 2.75) is 39.7 Å². The van der Waals surface area contributed by atoms with Crippen molar-refractivity contribution in [3.63, 3.8) is 0 Å². The number of carbonyl (C=O) groups excluding carboxylic acids is 1. The molecule has 1 aromatic rings. The van der Waals surface area contributed by atoms with E-state index < -0.39 is 0 Å². The number of hydrogen-bond donors (Lipinski definition) is 2. The van der Waals surface area contributed by atoms with E-state index in [2.05, 4.69) is 19.2 Å². The van der Waals surface area contributed by atoms with Crippen LogP contribution in [0.1, 0.15) is 49.0 Å². The SMILES string of the molecule is CC(C)CC1(CNC(=O)c2ccc(CN)cc2)CC1.Cl. The number of rotatable bonds is 6. The summed E-state index contributed by atoms with van der Waals surface area (Å²) in [7, 11) is 0. The summed E-state index contributed by atoms with van der Waals surface area (Å²) in [6.45, 7) is 5.81. The normalized spacial score (nSPS) is 15.6. The molecule has 4 heteroatoms. The summed E-state index contributed by atoms with van der Waals surface area (Å²) < 4.78 is 0. The average molecular weight is 297 g/mol. The van der Waals surface area contributed by atoms with E-state index in [-0.39, 0.29) is 18.3 Å². The molecule has 1 fully saturated rings. The van der Waals surface area contributed by atoms with Gasteiger partial charge in [0.1, 0.15) is 0 Å². The summed E-state index contributed by atoms with van der Waals surface area (Å²) in [5.74, 6) is 0.724. The van der Waals surface area contributed by atoms with Crippen LogP contribution in [0.15, 0.2) is 24.3 Å². The summed E-state index contributed by atoms with van der Waals surface area (Å²) in [6.07, 6.45) is 3.70. The second-order valence-corrected chi connectivity index (χ2v) is 6.18. The molecule has 1 saturated carbocycles. The smallest absolute Gasteiger partial charge is 0.251 e. The first-order valence-corrected chi connectivity index (χ1v) is 7.12. The van der Waals surface area contributed by atoms with Gasteiger partial charge in [-0.05, 0) is 48.3 Å². The quantitative estimate of drug-likeness (QED) is 0.847. The number of benzene rings is 1. The van der Waals surface area contributed by atoms with Gasteiger partial charge in [-0.1, -0.05) is 26.0 Å². The Morgan fingerprint density at radius 1 is 1.30 bits per heavy atom. The molecule has 20 heavy (non-hydrogen) atoms. The summed E-state index contributed by atoms with van der Waals surface area (Å²) in [6, 6.07) is 7.52. The van der Waals surface area contributed by atoms with Crippen molar-refractivity contribution in [2.75, 3.05) is 6.54 Å². The Morgan fingerprint density at radius 2 is 1.90 bits per heavy atom. The zero-order valence-electron chi connectivity index (χ0n) is 12.3. The molecule has 0 radical (unpaired) electrons. The van der Waals surface area contributed by atoms with Crippen LogP contribution in [0.3, 0.4) is 0 Å². The monoisotopic (exact) mass is 296 g/mol. The van der Waals surface area contributed by atoms with Gasteiger partial charge in [0.15, 0.2) is 0 Å². The fourth-order valence-corrected chi connectivity index (χ4v) is 2.66. The maximum atomic E-state index is 12.1. The lowest BCUT2D eigenvalue weighted by Crippen LogP contribution is -2.30. The molecular formula is C16H25ClN2O. The average Bonchev–Trinajstić information content (AvgIpc) is 3.15. The molecular weight excluding hydrogens is 272 g/mol. The van der Waals surface area contributed by atoms with Crippen LogP contribution < -0.4 is 11.1 Å². The number of halogens is 1. The fourth-order valence-electron chi connectivity index (χ4n) is 2.66. The van der Waals surface area contributed by atoms with Gasteiger partial charge in [0.2, 0.25) is 0 Å². The van der Waals surface area contributed by atoms with Gasteiger partial charge in [-0.15, -0.1) is 12.4 Å². The van der Waals surface area contributed by atoms with Gasteiger partial charge in [0, 0.05) is 18.7 Å². The fraction of sp³-hybridized carbons (Fsp3) is 0.562. The van der Waals surface area contributed by atoms with Crippen molar-refractivity contribution in [3.8, 4) is 0 Å². The number of nitrogens with one attached hydrogen (secondary N) is 1. The molecule has 112 valence electrons. The summed E-state index contributed by atoms with van der Waals surface area (Å²) in [5, 5.41) is 3.07. The van der Waals surface area contributed by atoms with E-state index in [1.54, 1.807) is 0 Å². The molecule has 0 aromatic heterocycles. The molecule has 3 N–H and O–H groups in total. The van der Waals surface area contributed by atoms with Crippen molar-refractivity contribution in [1.82, 2.24) is 5.32 Å². The van der Waals surface area contributed by atoms with E-state index in [0.717, 1.165) is 17.7 Å². The Morgan fingerprint density at radius 3 is 2.35 bits per heavy atom. The van der Waals surface area contributed by atoms with Gasteiger partial charge < -0.3 is 11.1 Å². The van der Waals surface area contributed by atoms with Crippen LogP contribution in [-0.2, 0) is 6.54 Å². The Hall–Kier alpha value is -1.06. The van der Waals surface area contributed by atoms with E-state index >= 15 is 0 Å². The molecule has 0 unspecified atom stereocenters. The molecule has 3 nitrogen and oxygen atoms in total. The molecule has 0 heterocycles. The van der Waals surface area contributed by atoms with Crippen LogP contribution in [0.2, 0.25) is 0 Å². The van der Waals surface area contributed by atoms with E-state index in [9.17, 15) is 4.79 Å². The van der Waals surface area contributed by atoms with Crippen molar-refractivity contribution < 1.29 is 4.79 Å². The first-order chi connectivity index (χ1) is 9.04. The topological polar surface area (TPSA) is 55.1 Å². The summed E-state index contributed by atoms with van der Waals surface area (Å²) >= 11 is 0. The largest absolute Gasteiger partial charge is 0.351 e. The number of hydrogen-bond acceptors (Lipinski definition) is 2. The Bertz CT molecular complexity index is 438. The van der Waals surface area contributed by atoms with Crippen LogP contribution in [0.25, 0.3) is 0 Å². The molecule has 0 saturated heterocycles. The minimum Gasteiger partial charge on any atom is -0.351 e. The third kappa shape index (κ3) is 4.50. The van der Waals surface area contributed by atoms with Gasteiger partial charge in [-0.3, -0.25) is 4.79 Å². The second kappa shape index (κ2) is 7.09. The maximum Gasteiger partial charge on any atom is 0.251 e. The van der Waals surface area contributed by atoms with Crippen molar-refractivity contribution >= 4 is 18.3 Å². The highest BCUT2D eigenvalue weighted by atomic mass is 35.5. The first kappa shape index (κ1) is 17.0. The van der Waals surface area contributed by atoms with Gasteiger partial charge >= 0.3 is 0 Å². The van der Waals surface area contributed by atoms with Gasteiger partial charge in [-0.2, -0.15) is 0 Å². The molecule has 0 aliphatic heterocycles. The number of carbonyl (C=O) groups is 1. The zero-order chi connectivity index (χ0) is 13.9. The Kier molecular flexibility index (Phi) is 6.03. The van der Waals surface area contributed by atoms with Gasteiger partial charge in [-0.25, -0.2) is 0 Å². The Balaban J connectivity index is 0.00000200. The molecule has 1 amide bonds. The van der Waals surface area contributed by atoms with Crippen LogP contribution >= 0.6 is 12.4 Å². The van der Waals surface area contributed by atoms with Crippen molar-refractivity contribution in [3.05, 3.63) is 35.4 Å². The predicted molar refractivity (Wildman–Crippen MR) is 85.0 cm³/mol. The molecule has 2 rings (SSSR count). The molecule has 1 aromatic carbocycles. The minimum absolute atomic E-state index is 0. The first-order valence-electron chi connectivity index (χ1n) is 7.12. The highest BCUT2D eigenvalue weighted by molar-refractivity contribution is 5.94. The molecule has 0 spiro atoms. The Labute approximate surface area is 127 Å². The van der Waals surface area contributed by atoms with E-state index in [4.69, 9.17) is 5.73 Å². The highest BCUT2D eigenvalue weighted by Gasteiger charge is 2.42. The highest BCUT2D eigenvalue weighted by Crippen LogP contribution is 2.50. The van der Waals surface area contributed by atoms with Crippen LogP contribution in [0.5, 0.6) is 0 Å². The maximum absolute atomic E-state index is 12.1. The van der Waals surface area contributed by atoms with Crippen LogP contribution in [-0.4, -0.2) is 12.5 Å². The third-order valence-corrected chi connectivity index (χ3v) is 3.87. The second-order valence-electron chi connectivity index (χ2n) is 6.18. The molecule has 1 aliphatic rings. The minimum atomic E-state index is 0. The number of nitrogens with two attached hydrogens (primary N) is 1. The summed E-state index contributed by atoms with van der Waals surface area (Å²) in [4.78, 5) is 12.1. The van der Waals surface area contributed by atoms with Gasteiger partial charge in [0.05, 0.1) is 0 Å². The lowest BCUT2D eigenvalue weighted by atomic mass is 9.94. The van der Waals surface area contributed by atoms with Crippen molar-refractivity contribution in [1.29, 1.82) is 0 Å². The number of amides is 1. The summed E-state index contributed by atoms with van der Waals surface area (Å²) in [5.41, 5.74) is 7.69.